The molecular formula is C31H37N3O5S. The smallest absolute Gasteiger partial charge is 0.264 e. The van der Waals surface area contributed by atoms with Crippen molar-refractivity contribution < 1.29 is 22.7 Å². The number of aryl methyl sites for hydroxylation is 1. The van der Waals surface area contributed by atoms with Gasteiger partial charge in [-0.3, -0.25) is 13.9 Å². The molecule has 0 saturated heterocycles. The van der Waals surface area contributed by atoms with E-state index in [-0.39, 0.29) is 23.4 Å². The van der Waals surface area contributed by atoms with Crippen LogP contribution < -0.4 is 14.4 Å². The first kappa shape index (κ1) is 29.1. The van der Waals surface area contributed by atoms with Crippen molar-refractivity contribution in [1.29, 1.82) is 0 Å². The summed E-state index contributed by atoms with van der Waals surface area (Å²) >= 11 is 0. The maximum Gasteiger partial charge on any atom is 0.264 e. The molecule has 3 aromatic carbocycles. The number of ether oxygens (including phenoxy) is 1. The quantitative estimate of drug-likeness (QED) is 0.366. The van der Waals surface area contributed by atoms with E-state index in [1.165, 1.54) is 24.1 Å². The highest BCUT2D eigenvalue weighted by atomic mass is 32.2. The normalized spacial score (nSPS) is 14.4. The number of methoxy groups -OCH3 is 1. The molecule has 4 rings (SSSR count). The summed E-state index contributed by atoms with van der Waals surface area (Å²) in [4.78, 5) is 28.8. The first-order chi connectivity index (χ1) is 19.2. The highest BCUT2D eigenvalue weighted by molar-refractivity contribution is 7.92. The number of carbonyl (C=O) groups excluding carboxylic acids is 2. The van der Waals surface area contributed by atoms with Crippen molar-refractivity contribution in [2.75, 3.05) is 18.0 Å². The molecule has 0 aromatic heterocycles. The fourth-order valence-electron chi connectivity index (χ4n) is 4.98. The molecule has 2 amide bonds. The third kappa shape index (κ3) is 7.01. The predicted molar refractivity (Wildman–Crippen MR) is 156 cm³/mol. The van der Waals surface area contributed by atoms with E-state index < -0.39 is 28.5 Å². The lowest BCUT2D eigenvalue weighted by molar-refractivity contribution is -0.139. The molecule has 8 nitrogen and oxygen atoms in total. The fourth-order valence-corrected chi connectivity index (χ4v) is 6.41. The van der Waals surface area contributed by atoms with Crippen molar-refractivity contribution in [3.63, 3.8) is 0 Å². The summed E-state index contributed by atoms with van der Waals surface area (Å²) in [5.74, 6) is -0.161. The van der Waals surface area contributed by atoms with E-state index in [1.54, 1.807) is 49.4 Å². The zero-order valence-electron chi connectivity index (χ0n) is 23.2. The van der Waals surface area contributed by atoms with E-state index in [9.17, 15) is 18.0 Å². The third-order valence-corrected chi connectivity index (χ3v) is 9.06. The van der Waals surface area contributed by atoms with Crippen LogP contribution in [0.5, 0.6) is 5.75 Å². The van der Waals surface area contributed by atoms with Crippen LogP contribution in [0.1, 0.15) is 43.7 Å². The van der Waals surface area contributed by atoms with Crippen molar-refractivity contribution >= 4 is 27.5 Å². The zero-order valence-corrected chi connectivity index (χ0v) is 24.1. The first-order valence-electron chi connectivity index (χ1n) is 13.6. The Morgan fingerprint density at radius 2 is 1.65 bits per heavy atom. The number of nitrogens with zero attached hydrogens (tertiary/aromatic N) is 2. The molecule has 1 aliphatic carbocycles. The average molecular weight is 564 g/mol. The summed E-state index contributed by atoms with van der Waals surface area (Å²) in [6, 6.07) is 21.5. The van der Waals surface area contributed by atoms with Gasteiger partial charge in [-0.1, -0.05) is 60.9 Å². The van der Waals surface area contributed by atoms with Crippen LogP contribution in [-0.2, 0) is 26.2 Å². The zero-order chi connectivity index (χ0) is 28.7. The minimum Gasteiger partial charge on any atom is -0.497 e. The van der Waals surface area contributed by atoms with Crippen LogP contribution in [-0.4, -0.2) is 50.9 Å². The van der Waals surface area contributed by atoms with Gasteiger partial charge in [0.2, 0.25) is 11.8 Å². The van der Waals surface area contributed by atoms with Gasteiger partial charge in [-0.2, -0.15) is 0 Å². The van der Waals surface area contributed by atoms with Crippen molar-refractivity contribution in [1.82, 2.24) is 10.2 Å². The SMILES string of the molecule is COc1ccc(N(CC(=O)N(Cc2cccc(C)c2)C(C)C(=O)NC2CCCC2)S(=O)(=O)c2ccccc2)cc1. The van der Waals surface area contributed by atoms with Gasteiger partial charge >= 0.3 is 0 Å². The summed E-state index contributed by atoms with van der Waals surface area (Å²) < 4.78 is 34.0. The number of anilines is 1. The Kier molecular flexibility index (Phi) is 9.47. The first-order valence-corrected chi connectivity index (χ1v) is 15.0. The standard InChI is InChI=1S/C31H37N3O5S/c1-23-10-9-11-25(20-23)21-33(24(2)31(36)32-26-12-7-8-13-26)30(35)22-34(27-16-18-28(39-3)19-17-27)40(37,38)29-14-5-4-6-15-29/h4-6,9-11,14-20,24,26H,7-8,12-13,21-22H2,1-3H3,(H,32,36). The predicted octanol–water partition coefficient (Wildman–Crippen LogP) is 4.68. The Labute approximate surface area is 237 Å². The van der Waals surface area contributed by atoms with E-state index in [1.807, 2.05) is 31.2 Å². The second-order valence-corrected chi connectivity index (χ2v) is 12.1. The Bertz CT molecular complexity index is 1400. The van der Waals surface area contributed by atoms with Crippen molar-refractivity contribution in [2.24, 2.45) is 0 Å². The number of nitrogens with one attached hydrogen (secondary N) is 1. The molecule has 0 radical (unpaired) electrons. The summed E-state index contributed by atoms with van der Waals surface area (Å²) in [6.45, 7) is 3.35. The monoisotopic (exact) mass is 563 g/mol. The largest absolute Gasteiger partial charge is 0.497 e. The van der Waals surface area contributed by atoms with Gasteiger partial charge in [0.05, 0.1) is 17.7 Å². The van der Waals surface area contributed by atoms with Crippen LogP contribution in [0.15, 0.2) is 83.8 Å². The molecule has 0 heterocycles. The molecule has 1 fully saturated rings. The fraction of sp³-hybridized carbons (Fsp3) is 0.355. The number of sulfonamides is 1. The maximum atomic E-state index is 14.0. The van der Waals surface area contributed by atoms with Gasteiger partial charge in [-0.05, 0) is 68.7 Å². The number of rotatable bonds is 11. The molecule has 0 aliphatic heterocycles. The Morgan fingerprint density at radius 3 is 2.27 bits per heavy atom. The van der Waals surface area contributed by atoms with Gasteiger partial charge in [0.25, 0.3) is 10.0 Å². The molecule has 3 aromatic rings. The van der Waals surface area contributed by atoms with Crippen LogP contribution in [0, 0.1) is 6.92 Å². The second kappa shape index (κ2) is 13.0. The summed E-state index contributed by atoms with van der Waals surface area (Å²) in [5.41, 5.74) is 2.20. The molecule has 212 valence electrons. The minimum atomic E-state index is -4.10. The summed E-state index contributed by atoms with van der Waals surface area (Å²) in [5, 5.41) is 3.09. The molecule has 0 spiro atoms. The molecule has 1 unspecified atom stereocenters. The van der Waals surface area contributed by atoms with Crippen LogP contribution >= 0.6 is 0 Å². The Morgan fingerprint density at radius 1 is 0.975 bits per heavy atom. The second-order valence-electron chi connectivity index (χ2n) is 10.2. The van der Waals surface area contributed by atoms with E-state index in [0.717, 1.165) is 41.1 Å². The number of benzene rings is 3. The van der Waals surface area contributed by atoms with E-state index in [4.69, 9.17) is 4.74 Å². The van der Waals surface area contributed by atoms with Crippen LogP contribution in [0.3, 0.4) is 0 Å². The van der Waals surface area contributed by atoms with Crippen molar-refractivity contribution in [2.45, 2.75) is 63.1 Å². The highest BCUT2D eigenvalue weighted by Crippen LogP contribution is 2.27. The number of hydrogen-bond donors (Lipinski definition) is 1. The van der Waals surface area contributed by atoms with Gasteiger partial charge < -0.3 is 15.0 Å². The molecule has 1 N–H and O–H groups in total. The molecular weight excluding hydrogens is 526 g/mol. The molecule has 1 aliphatic rings. The third-order valence-electron chi connectivity index (χ3n) is 7.27. The van der Waals surface area contributed by atoms with E-state index >= 15 is 0 Å². The van der Waals surface area contributed by atoms with Crippen LogP contribution in [0.4, 0.5) is 5.69 Å². The van der Waals surface area contributed by atoms with Crippen LogP contribution in [0.2, 0.25) is 0 Å². The highest BCUT2D eigenvalue weighted by Gasteiger charge is 2.33. The average Bonchev–Trinajstić information content (AvgIpc) is 3.47. The number of hydrogen-bond acceptors (Lipinski definition) is 5. The summed E-state index contributed by atoms with van der Waals surface area (Å²) in [7, 11) is -2.58. The lowest BCUT2D eigenvalue weighted by Gasteiger charge is -2.32. The maximum absolute atomic E-state index is 14.0. The summed E-state index contributed by atoms with van der Waals surface area (Å²) in [6.07, 6.45) is 3.98. The topological polar surface area (TPSA) is 96.0 Å². The van der Waals surface area contributed by atoms with E-state index in [0.29, 0.717) is 11.4 Å². The van der Waals surface area contributed by atoms with Crippen LogP contribution in [0.25, 0.3) is 0 Å². The molecule has 0 bridgehead atoms. The van der Waals surface area contributed by atoms with Gasteiger partial charge in [-0.25, -0.2) is 8.42 Å². The molecule has 1 saturated carbocycles. The Hall–Kier alpha value is -3.85. The van der Waals surface area contributed by atoms with Gasteiger partial charge in [-0.15, -0.1) is 0 Å². The van der Waals surface area contributed by atoms with Gasteiger partial charge in [0.15, 0.2) is 0 Å². The number of amides is 2. The molecule has 9 heteroatoms. The molecule has 40 heavy (non-hydrogen) atoms. The molecule has 1 atom stereocenters. The Balaban J connectivity index is 1.68. The van der Waals surface area contributed by atoms with Crippen molar-refractivity contribution in [3.8, 4) is 5.75 Å². The van der Waals surface area contributed by atoms with Gasteiger partial charge in [0.1, 0.15) is 18.3 Å². The lowest BCUT2D eigenvalue weighted by Crippen LogP contribution is -2.52. The van der Waals surface area contributed by atoms with Crippen molar-refractivity contribution in [3.05, 3.63) is 90.0 Å². The van der Waals surface area contributed by atoms with Gasteiger partial charge in [0, 0.05) is 12.6 Å². The van der Waals surface area contributed by atoms with E-state index in [2.05, 4.69) is 5.32 Å². The lowest BCUT2D eigenvalue weighted by atomic mass is 10.1. The minimum absolute atomic E-state index is 0.0656. The number of carbonyl (C=O) groups is 2.